The van der Waals surface area contributed by atoms with Crippen LogP contribution in [0.15, 0.2) is 47.0 Å². The quantitative estimate of drug-likeness (QED) is 0.651. The number of carbonyl (C=O) groups is 1. The van der Waals surface area contributed by atoms with Crippen LogP contribution in [-0.4, -0.2) is 27.5 Å². The third kappa shape index (κ3) is 2.88. The van der Waals surface area contributed by atoms with Crippen molar-refractivity contribution in [2.24, 2.45) is 0 Å². The summed E-state index contributed by atoms with van der Waals surface area (Å²) >= 11 is 5.84. The number of hydrogen-bond acceptors (Lipinski definition) is 4. The van der Waals surface area contributed by atoms with Crippen molar-refractivity contribution in [3.63, 3.8) is 0 Å². The van der Waals surface area contributed by atoms with Crippen molar-refractivity contribution in [2.75, 3.05) is 6.54 Å². The first kappa shape index (κ1) is 17.4. The van der Waals surface area contributed by atoms with Gasteiger partial charge in [0.2, 0.25) is 17.6 Å². The highest BCUT2D eigenvalue weighted by molar-refractivity contribution is 6.31. The van der Waals surface area contributed by atoms with E-state index in [-0.39, 0.29) is 22.9 Å². The summed E-state index contributed by atoms with van der Waals surface area (Å²) in [7, 11) is 0. The van der Waals surface area contributed by atoms with Gasteiger partial charge in [-0.1, -0.05) is 41.0 Å². The second-order valence-corrected chi connectivity index (χ2v) is 7.69. The van der Waals surface area contributed by atoms with E-state index in [0.717, 1.165) is 12.8 Å². The van der Waals surface area contributed by atoms with Crippen molar-refractivity contribution in [3.05, 3.63) is 70.3 Å². The SMILES string of the molecule is O=C1CC(c2nc(-c3ccc(F)c(Cl)c3)no2)CN1C1CCc2ccccc21. The van der Waals surface area contributed by atoms with Crippen molar-refractivity contribution in [1.82, 2.24) is 15.0 Å². The molecule has 1 saturated heterocycles. The summed E-state index contributed by atoms with van der Waals surface area (Å²) < 4.78 is 18.8. The van der Waals surface area contributed by atoms with Crippen molar-refractivity contribution >= 4 is 17.5 Å². The van der Waals surface area contributed by atoms with Gasteiger partial charge in [-0.3, -0.25) is 4.79 Å². The summed E-state index contributed by atoms with van der Waals surface area (Å²) in [5.41, 5.74) is 3.13. The molecule has 7 heteroatoms. The third-order valence-corrected chi connectivity index (χ3v) is 5.89. The molecule has 0 spiro atoms. The van der Waals surface area contributed by atoms with Gasteiger partial charge in [-0.2, -0.15) is 4.98 Å². The largest absolute Gasteiger partial charge is 0.339 e. The molecule has 2 heterocycles. The average Bonchev–Trinajstić information content (AvgIpc) is 3.41. The zero-order chi connectivity index (χ0) is 19.3. The fourth-order valence-corrected chi connectivity index (χ4v) is 4.39. The Hall–Kier alpha value is -2.73. The Kier molecular flexibility index (Phi) is 4.16. The molecule has 0 radical (unpaired) electrons. The molecule has 0 N–H and O–H groups in total. The van der Waals surface area contributed by atoms with Crippen LogP contribution in [0, 0.1) is 5.82 Å². The zero-order valence-corrected chi connectivity index (χ0v) is 15.7. The van der Waals surface area contributed by atoms with Crippen molar-refractivity contribution in [1.29, 1.82) is 0 Å². The number of aromatic nitrogens is 2. The summed E-state index contributed by atoms with van der Waals surface area (Å²) in [5, 5.41) is 3.99. The lowest BCUT2D eigenvalue weighted by Crippen LogP contribution is -2.28. The summed E-state index contributed by atoms with van der Waals surface area (Å²) in [6.07, 6.45) is 2.29. The molecule has 142 valence electrons. The topological polar surface area (TPSA) is 59.2 Å². The van der Waals surface area contributed by atoms with E-state index in [1.807, 2.05) is 17.0 Å². The summed E-state index contributed by atoms with van der Waals surface area (Å²) in [6.45, 7) is 0.559. The molecule has 1 aromatic heterocycles. The van der Waals surface area contributed by atoms with E-state index in [0.29, 0.717) is 30.2 Å². The smallest absolute Gasteiger partial charge is 0.232 e. The number of likely N-dealkylation sites (tertiary alicyclic amines) is 1. The van der Waals surface area contributed by atoms with E-state index in [1.54, 1.807) is 6.07 Å². The van der Waals surface area contributed by atoms with E-state index >= 15 is 0 Å². The zero-order valence-electron chi connectivity index (χ0n) is 14.9. The molecule has 5 nitrogen and oxygen atoms in total. The molecule has 1 fully saturated rings. The van der Waals surface area contributed by atoms with Crippen LogP contribution in [0.4, 0.5) is 4.39 Å². The Morgan fingerprint density at radius 3 is 2.93 bits per heavy atom. The van der Waals surface area contributed by atoms with Crippen molar-refractivity contribution in [2.45, 2.75) is 31.2 Å². The number of fused-ring (bicyclic) bond motifs is 1. The number of aryl methyl sites for hydroxylation is 1. The van der Waals surface area contributed by atoms with Crippen LogP contribution in [-0.2, 0) is 11.2 Å². The van der Waals surface area contributed by atoms with Gasteiger partial charge in [-0.25, -0.2) is 4.39 Å². The maximum absolute atomic E-state index is 13.4. The Labute approximate surface area is 166 Å². The molecule has 2 aromatic carbocycles. The van der Waals surface area contributed by atoms with Gasteiger partial charge in [0.25, 0.3) is 0 Å². The van der Waals surface area contributed by atoms with Gasteiger partial charge in [-0.15, -0.1) is 0 Å². The number of benzene rings is 2. The maximum atomic E-state index is 13.4. The molecule has 1 aliphatic heterocycles. The average molecular weight is 398 g/mol. The molecule has 0 saturated carbocycles. The lowest BCUT2D eigenvalue weighted by molar-refractivity contribution is -0.129. The Balaban J connectivity index is 1.37. The van der Waals surface area contributed by atoms with Gasteiger partial charge in [0, 0.05) is 18.5 Å². The summed E-state index contributed by atoms with van der Waals surface area (Å²) in [6, 6.07) is 12.7. The second-order valence-electron chi connectivity index (χ2n) is 7.29. The van der Waals surface area contributed by atoms with Gasteiger partial charge >= 0.3 is 0 Å². The maximum Gasteiger partial charge on any atom is 0.232 e. The molecule has 0 bridgehead atoms. The number of halogens is 2. The van der Waals surface area contributed by atoms with Crippen LogP contribution in [0.3, 0.4) is 0 Å². The number of carbonyl (C=O) groups excluding carboxylic acids is 1. The molecule has 3 aromatic rings. The minimum absolute atomic E-state index is 0.00553. The Bertz CT molecular complexity index is 1070. The normalized spacial score (nSPS) is 21.4. The predicted octanol–water partition coefficient (Wildman–Crippen LogP) is 4.53. The number of hydrogen-bond donors (Lipinski definition) is 0. The van der Waals surface area contributed by atoms with Crippen molar-refractivity contribution < 1.29 is 13.7 Å². The van der Waals surface area contributed by atoms with Gasteiger partial charge in [0.1, 0.15) is 5.82 Å². The van der Waals surface area contributed by atoms with Crippen LogP contribution in [0.2, 0.25) is 5.02 Å². The van der Waals surface area contributed by atoms with Crippen LogP contribution < -0.4 is 0 Å². The van der Waals surface area contributed by atoms with Crippen LogP contribution in [0.25, 0.3) is 11.4 Å². The van der Waals surface area contributed by atoms with E-state index in [4.69, 9.17) is 16.1 Å². The Morgan fingerprint density at radius 2 is 2.07 bits per heavy atom. The first-order chi connectivity index (χ1) is 13.6. The van der Waals surface area contributed by atoms with Gasteiger partial charge in [0.15, 0.2) is 0 Å². The third-order valence-electron chi connectivity index (χ3n) is 5.60. The van der Waals surface area contributed by atoms with E-state index in [9.17, 15) is 9.18 Å². The minimum atomic E-state index is -0.497. The molecule has 2 atom stereocenters. The van der Waals surface area contributed by atoms with Crippen LogP contribution in [0.1, 0.15) is 41.8 Å². The standard InChI is InChI=1S/C21H17ClFN3O2/c22-16-9-13(5-7-17(16)23)20-24-21(28-25-20)14-10-19(27)26(11-14)18-8-6-12-3-1-2-4-15(12)18/h1-5,7,9,14,18H,6,8,10-11H2. The van der Waals surface area contributed by atoms with Crippen molar-refractivity contribution in [3.8, 4) is 11.4 Å². The first-order valence-corrected chi connectivity index (χ1v) is 9.64. The van der Waals surface area contributed by atoms with Gasteiger partial charge < -0.3 is 9.42 Å². The number of amides is 1. The monoisotopic (exact) mass is 397 g/mol. The minimum Gasteiger partial charge on any atom is -0.339 e. The lowest BCUT2D eigenvalue weighted by Gasteiger charge is -2.25. The van der Waals surface area contributed by atoms with Gasteiger partial charge in [0.05, 0.1) is 17.0 Å². The lowest BCUT2D eigenvalue weighted by atomic mass is 10.1. The first-order valence-electron chi connectivity index (χ1n) is 9.26. The summed E-state index contributed by atoms with van der Waals surface area (Å²) in [4.78, 5) is 19.1. The molecular formula is C21H17ClFN3O2. The van der Waals surface area contributed by atoms with E-state index in [2.05, 4.69) is 22.3 Å². The number of nitrogens with zero attached hydrogens (tertiary/aromatic N) is 3. The van der Waals surface area contributed by atoms with Crippen LogP contribution >= 0.6 is 11.6 Å². The Morgan fingerprint density at radius 1 is 1.21 bits per heavy atom. The molecule has 5 rings (SSSR count). The van der Waals surface area contributed by atoms with E-state index in [1.165, 1.54) is 23.3 Å². The second kappa shape index (κ2) is 6.71. The fourth-order valence-electron chi connectivity index (χ4n) is 4.21. The van der Waals surface area contributed by atoms with E-state index < -0.39 is 5.82 Å². The molecule has 1 amide bonds. The highest BCUT2D eigenvalue weighted by Gasteiger charge is 2.40. The van der Waals surface area contributed by atoms with Crippen LogP contribution in [0.5, 0.6) is 0 Å². The molecule has 2 unspecified atom stereocenters. The highest BCUT2D eigenvalue weighted by Crippen LogP contribution is 2.40. The molecule has 2 aliphatic rings. The fraction of sp³-hybridized carbons (Fsp3) is 0.286. The van der Waals surface area contributed by atoms with Gasteiger partial charge in [-0.05, 0) is 42.2 Å². The summed E-state index contributed by atoms with van der Waals surface area (Å²) in [5.74, 6) is 0.239. The molecule has 28 heavy (non-hydrogen) atoms. The molecule has 1 aliphatic carbocycles. The number of rotatable bonds is 3. The predicted molar refractivity (Wildman–Crippen MR) is 101 cm³/mol. The highest BCUT2D eigenvalue weighted by atomic mass is 35.5. The molecular weight excluding hydrogens is 381 g/mol.